The van der Waals surface area contributed by atoms with E-state index in [-0.39, 0.29) is 5.91 Å². The number of hydrogen-bond acceptors (Lipinski definition) is 5. The maximum Gasteiger partial charge on any atom is 0.257 e. The van der Waals surface area contributed by atoms with E-state index in [9.17, 15) is 4.79 Å². The van der Waals surface area contributed by atoms with Crippen LogP contribution in [0.4, 0.5) is 5.69 Å². The number of carbonyl (C=O) groups is 1. The molecule has 1 aliphatic carbocycles. The van der Waals surface area contributed by atoms with Crippen molar-refractivity contribution in [3.8, 4) is 11.5 Å². The van der Waals surface area contributed by atoms with Gasteiger partial charge in [-0.3, -0.25) is 4.79 Å². The Balaban J connectivity index is 1.81. The summed E-state index contributed by atoms with van der Waals surface area (Å²) < 4.78 is 5.27. The minimum Gasteiger partial charge on any atom is -0.334 e. The molecular weight excluding hydrogens is 256 g/mol. The van der Waals surface area contributed by atoms with E-state index in [0.717, 1.165) is 30.5 Å². The first-order valence-corrected chi connectivity index (χ1v) is 6.58. The van der Waals surface area contributed by atoms with Crippen molar-refractivity contribution in [2.24, 2.45) is 5.73 Å². The van der Waals surface area contributed by atoms with Crippen molar-refractivity contribution in [3.05, 3.63) is 30.1 Å². The van der Waals surface area contributed by atoms with Gasteiger partial charge >= 0.3 is 0 Å². The third-order valence-electron chi connectivity index (χ3n) is 3.57. The smallest absolute Gasteiger partial charge is 0.257 e. The molecule has 0 spiro atoms. The second-order valence-electron chi connectivity index (χ2n) is 5.19. The number of nitrogens with one attached hydrogen (secondary N) is 1. The molecule has 2 aromatic rings. The maximum atomic E-state index is 11.0. The number of aromatic nitrogens is 2. The number of anilines is 1. The predicted molar refractivity (Wildman–Crippen MR) is 73.8 cm³/mol. The summed E-state index contributed by atoms with van der Waals surface area (Å²) in [6, 6.07) is 7.24. The Morgan fingerprint density at radius 1 is 1.35 bits per heavy atom. The Hall–Kier alpha value is -2.21. The lowest BCUT2D eigenvalue weighted by Gasteiger charge is -2.34. The third-order valence-corrected chi connectivity index (χ3v) is 3.57. The van der Waals surface area contributed by atoms with Gasteiger partial charge in [-0.25, -0.2) is 0 Å². The van der Waals surface area contributed by atoms with Crippen LogP contribution >= 0.6 is 0 Å². The predicted octanol–water partition coefficient (Wildman–Crippen LogP) is 2.03. The fraction of sp³-hybridized carbons (Fsp3) is 0.357. The van der Waals surface area contributed by atoms with E-state index in [2.05, 4.69) is 15.5 Å². The molecular formula is C14H16N4O2. The third kappa shape index (κ3) is 2.30. The molecule has 6 heteroatoms. The van der Waals surface area contributed by atoms with Crippen LogP contribution in [0.5, 0.6) is 0 Å². The number of carbonyl (C=O) groups excluding carboxylic acids is 1. The lowest BCUT2D eigenvalue weighted by Crippen LogP contribution is -2.44. The van der Waals surface area contributed by atoms with Gasteiger partial charge in [0.1, 0.15) is 0 Å². The Morgan fingerprint density at radius 3 is 2.60 bits per heavy atom. The number of benzene rings is 1. The minimum atomic E-state index is -0.419. The average molecular weight is 272 g/mol. The fourth-order valence-electron chi connectivity index (χ4n) is 2.22. The van der Waals surface area contributed by atoms with Crippen LogP contribution in [0.3, 0.4) is 0 Å². The van der Waals surface area contributed by atoms with Crippen LogP contribution in [-0.2, 0) is 10.3 Å². The molecule has 0 radical (unpaired) electrons. The summed E-state index contributed by atoms with van der Waals surface area (Å²) in [5.74, 6) is 0.920. The van der Waals surface area contributed by atoms with Crippen molar-refractivity contribution in [2.45, 2.75) is 31.7 Å². The summed E-state index contributed by atoms with van der Waals surface area (Å²) in [6.07, 6.45) is 2.90. The zero-order valence-corrected chi connectivity index (χ0v) is 11.2. The van der Waals surface area contributed by atoms with E-state index >= 15 is 0 Å². The quantitative estimate of drug-likeness (QED) is 0.891. The van der Waals surface area contributed by atoms with E-state index in [4.69, 9.17) is 10.3 Å². The highest BCUT2D eigenvalue weighted by molar-refractivity contribution is 5.88. The molecule has 0 saturated heterocycles. The highest BCUT2D eigenvalue weighted by atomic mass is 16.5. The van der Waals surface area contributed by atoms with Crippen molar-refractivity contribution in [3.63, 3.8) is 0 Å². The summed E-state index contributed by atoms with van der Waals surface area (Å²) >= 11 is 0. The molecule has 1 saturated carbocycles. The summed E-state index contributed by atoms with van der Waals surface area (Å²) in [5.41, 5.74) is 7.28. The van der Waals surface area contributed by atoms with E-state index in [1.54, 1.807) is 12.1 Å². The molecule has 6 nitrogen and oxygen atoms in total. The number of hydrogen-bond donors (Lipinski definition) is 2. The number of nitrogens with zero attached hydrogens (tertiary/aromatic N) is 2. The van der Waals surface area contributed by atoms with Gasteiger partial charge in [-0.05, 0) is 43.5 Å². The first kappa shape index (κ1) is 12.8. The zero-order valence-electron chi connectivity index (χ0n) is 11.2. The van der Waals surface area contributed by atoms with Gasteiger partial charge in [0.2, 0.25) is 5.91 Å². The largest absolute Gasteiger partial charge is 0.334 e. The lowest BCUT2D eigenvalue weighted by atomic mass is 9.77. The number of rotatable bonds is 3. The first-order valence-electron chi connectivity index (χ1n) is 6.58. The molecule has 1 aromatic heterocycles. The Kier molecular flexibility index (Phi) is 3.02. The van der Waals surface area contributed by atoms with Crippen molar-refractivity contribution in [2.75, 3.05) is 5.32 Å². The topological polar surface area (TPSA) is 94.0 Å². The van der Waals surface area contributed by atoms with Crippen LogP contribution in [0, 0.1) is 0 Å². The molecule has 0 aliphatic heterocycles. The monoisotopic (exact) mass is 272 g/mol. The highest BCUT2D eigenvalue weighted by Gasteiger charge is 2.39. The molecule has 3 N–H and O–H groups in total. The van der Waals surface area contributed by atoms with Crippen LogP contribution in [-0.4, -0.2) is 16.0 Å². The van der Waals surface area contributed by atoms with Gasteiger partial charge in [0.25, 0.3) is 5.89 Å². The van der Waals surface area contributed by atoms with Gasteiger partial charge in [-0.1, -0.05) is 5.16 Å². The molecule has 1 aromatic carbocycles. The summed E-state index contributed by atoms with van der Waals surface area (Å²) in [5, 5.41) is 6.68. The van der Waals surface area contributed by atoms with Gasteiger partial charge in [-0.2, -0.15) is 4.98 Å². The molecule has 104 valence electrons. The summed E-state index contributed by atoms with van der Waals surface area (Å²) in [7, 11) is 0. The standard InChI is InChI=1S/C14H16N4O2/c1-9(19)16-11-5-3-10(4-6-11)12-17-13(18-20-12)14(15)7-2-8-14/h3-6H,2,7-8,15H2,1H3,(H,16,19). The van der Waals surface area contributed by atoms with Crippen LogP contribution in [0.15, 0.2) is 28.8 Å². The summed E-state index contributed by atoms with van der Waals surface area (Å²) in [4.78, 5) is 15.3. The van der Waals surface area contributed by atoms with Crippen LogP contribution < -0.4 is 11.1 Å². The number of nitrogens with two attached hydrogens (primary N) is 1. The van der Waals surface area contributed by atoms with E-state index in [1.165, 1.54) is 6.92 Å². The molecule has 1 aliphatic rings. The fourth-order valence-corrected chi connectivity index (χ4v) is 2.22. The van der Waals surface area contributed by atoms with Crippen molar-refractivity contribution >= 4 is 11.6 Å². The Bertz CT molecular complexity index is 629. The minimum absolute atomic E-state index is 0.104. The van der Waals surface area contributed by atoms with Crippen LogP contribution in [0.1, 0.15) is 32.0 Å². The Morgan fingerprint density at radius 2 is 2.05 bits per heavy atom. The highest BCUT2D eigenvalue weighted by Crippen LogP contribution is 2.37. The lowest BCUT2D eigenvalue weighted by molar-refractivity contribution is -0.114. The molecule has 1 heterocycles. The molecule has 0 bridgehead atoms. The first-order chi connectivity index (χ1) is 9.57. The molecule has 1 amide bonds. The van der Waals surface area contributed by atoms with Crippen LogP contribution in [0.25, 0.3) is 11.5 Å². The van der Waals surface area contributed by atoms with Gasteiger partial charge in [0.05, 0.1) is 5.54 Å². The van der Waals surface area contributed by atoms with Gasteiger partial charge in [0.15, 0.2) is 5.82 Å². The van der Waals surface area contributed by atoms with Gasteiger partial charge in [-0.15, -0.1) is 0 Å². The second-order valence-corrected chi connectivity index (χ2v) is 5.19. The van der Waals surface area contributed by atoms with Crippen molar-refractivity contribution in [1.82, 2.24) is 10.1 Å². The second kappa shape index (κ2) is 4.72. The average Bonchev–Trinajstić information content (AvgIpc) is 2.86. The molecule has 0 atom stereocenters. The normalized spacial score (nSPS) is 16.5. The Labute approximate surface area is 116 Å². The van der Waals surface area contributed by atoms with Crippen molar-refractivity contribution < 1.29 is 9.32 Å². The van der Waals surface area contributed by atoms with E-state index < -0.39 is 5.54 Å². The van der Waals surface area contributed by atoms with Crippen LogP contribution in [0.2, 0.25) is 0 Å². The van der Waals surface area contributed by atoms with E-state index in [0.29, 0.717) is 11.7 Å². The maximum absolute atomic E-state index is 11.0. The summed E-state index contributed by atoms with van der Waals surface area (Å²) in [6.45, 7) is 1.47. The molecule has 0 unspecified atom stereocenters. The van der Waals surface area contributed by atoms with Gasteiger partial charge in [0, 0.05) is 18.2 Å². The zero-order chi connectivity index (χ0) is 14.2. The number of amides is 1. The van der Waals surface area contributed by atoms with Crippen molar-refractivity contribution in [1.29, 1.82) is 0 Å². The molecule has 1 fully saturated rings. The van der Waals surface area contributed by atoms with E-state index in [1.807, 2.05) is 12.1 Å². The SMILES string of the molecule is CC(=O)Nc1ccc(-c2nc(C3(N)CCC3)no2)cc1. The molecule has 20 heavy (non-hydrogen) atoms. The van der Waals surface area contributed by atoms with Gasteiger partial charge < -0.3 is 15.6 Å². The molecule has 3 rings (SSSR count).